The summed E-state index contributed by atoms with van der Waals surface area (Å²) in [5.74, 6) is -0.577. The Balaban J connectivity index is 1.78. The number of nitrogens with one attached hydrogen (secondary N) is 1. The Kier molecular flexibility index (Phi) is 6.20. The maximum absolute atomic E-state index is 12.2. The van der Waals surface area contributed by atoms with E-state index in [9.17, 15) is 9.59 Å². The van der Waals surface area contributed by atoms with Gasteiger partial charge < -0.3 is 20.5 Å². The van der Waals surface area contributed by atoms with Crippen molar-refractivity contribution in [2.45, 2.75) is 63.8 Å². The molecule has 0 heterocycles. The van der Waals surface area contributed by atoms with Crippen LogP contribution >= 0.6 is 0 Å². The van der Waals surface area contributed by atoms with E-state index in [4.69, 9.17) is 15.2 Å². The average molecular weight is 334 g/mol. The SMILES string of the molecule is CC(C)(OC(=O)N[C@H]1CC[C@H](N)CC1)C(=O)OCc1ccccc1. The second-order valence-corrected chi connectivity index (χ2v) is 6.72. The van der Waals surface area contributed by atoms with E-state index in [0.29, 0.717) is 0 Å². The molecule has 1 amide bonds. The van der Waals surface area contributed by atoms with E-state index in [1.807, 2.05) is 30.3 Å². The highest BCUT2D eigenvalue weighted by Gasteiger charge is 2.34. The van der Waals surface area contributed by atoms with E-state index in [2.05, 4.69) is 5.32 Å². The summed E-state index contributed by atoms with van der Waals surface area (Å²) in [6.07, 6.45) is 2.82. The fraction of sp³-hybridized carbons (Fsp3) is 0.556. The zero-order valence-electron chi connectivity index (χ0n) is 14.3. The molecule has 0 saturated heterocycles. The predicted molar refractivity (Wildman–Crippen MR) is 90.2 cm³/mol. The van der Waals surface area contributed by atoms with Crippen LogP contribution in [0.1, 0.15) is 45.1 Å². The molecule has 132 valence electrons. The third kappa shape index (κ3) is 5.53. The molecule has 1 fully saturated rings. The second-order valence-electron chi connectivity index (χ2n) is 6.72. The molecule has 1 aliphatic carbocycles. The van der Waals surface area contributed by atoms with Gasteiger partial charge in [0.25, 0.3) is 0 Å². The summed E-state index contributed by atoms with van der Waals surface area (Å²) in [6.45, 7) is 3.20. The molecule has 0 aromatic heterocycles. The van der Waals surface area contributed by atoms with Crippen LogP contribution in [-0.2, 0) is 20.9 Å². The second kappa shape index (κ2) is 8.15. The number of amides is 1. The third-order valence-electron chi connectivity index (χ3n) is 4.15. The minimum atomic E-state index is -1.34. The molecule has 1 saturated carbocycles. The molecule has 1 aromatic carbocycles. The quantitative estimate of drug-likeness (QED) is 0.807. The van der Waals surface area contributed by atoms with Gasteiger partial charge in [0.15, 0.2) is 0 Å². The standard InChI is InChI=1S/C18H26N2O4/c1-18(2,16(21)23-12-13-6-4-3-5-7-13)24-17(22)20-15-10-8-14(19)9-11-15/h3-7,14-15H,8-12,19H2,1-2H3,(H,20,22)/t14-,15-. The Hall–Kier alpha value is -2.08. The monoisotopic (exact) mass is 334 g/mol. The van der Waals surface area contributed by atoms with Crippen LogP contribution in [0.4, 0.5) is 4.79 Å². The molecule has 2 rings (SSSR count). The highest BCUT2D eigenvalue weighted by molar-refractivity contribution is 5.82. The Morgan fingerprint density at radius 1 is 1.17 bits per heavy atom. The van der Waals surface area contributed by atoms with Crippen molar-refractivity contribution < 1.29 is 19.1 Å². The summed E-state index contributed by atoms with van der Waals surface area (Å²) in [5, 5.41) is 2.80. The number of carbonyl (C=O) groups is 2. The zero-order chi connectivity index (χ0) is 17.6. The number of nitrogens with two attached hydrogens (primary N) is 1. The number of carbonyl (C=O) groups excluding carboxylic acids is 2. The molecule has 6 nitrogen and oxygen atoms in total. The minimum absolute atomic E-state index is 0.0495. The number of rotatable bonds is 5. The summed E-state index contributed by atoms with van der Waals surface area (Å²) < 4.78 is 10.5. The number of benzene rings is 1. The fourth-order valence-corrected chi connectivity index (χ4v) is 2.63. The lowest BCUT2D eigenvalue weighted by molar-refractivity contribution is -0.163. The molecule has 0 atom stereocenters. The Morgan fingerprint density at radius 2 is 1.79 bits per heavy atom. The maximum atomic E-state index is 12.2. The molecule has 24 heavy (non-hydrogen) atoms. The first-order chi connectivity index (χ1) is 11.4. The highest BCUT2D eigenvalue weighted by atomic mass is 16.6. The van der Waals surface area contributed by atoms with Crippen LogP contribution in [0.25, 0.3) is 0 Å². The lowest BCUT2D eigenvalue weighted by Crippen LogP contribution is -2.46. The van der Waals surface area contributed by atoms with Crippen LogP contribution in [0.3, 0.4) is 0 Å². The first kappa shape index (κ1) is 18.3. The lowest BCUT2D eigenvalue weighted by Gasteiger charge is -2.28. The normalized spacial score (nSPS) is 21.0. The summed E-state index contributed by atoms with van der Waals surface area (Å²) in [6, 6.07) is 9.61. The van der Waals surface area contributed by atoms with Gasteiger partial charge in [0.05, 0.1) is 0 Å². The molecule has 3 N–H and O–H groups in total. The van der Waals surface area contributed by atoms with Crippen LogP contribution in [0.5, 0.6) is 0 Å². The van der Waals surface area contributed by atoms with Crippen molar-refractivity contribution in [2.75, 3.05) is 0 Å². The van der Waals surface area contributed by atoms with Crippen molar-refractivity contribution in [1.82, 2.24) is 5.32 Å². The molecule has 0 unspecified atom stereocenters. The van der Waals surface area contributed by atoms with E-state index in [0.717, 1.165) is 31.2 Å². The van der Waals surface area contributed by atoms with Gasteiger partial charge >= 0.3 is 12.1 Å². The van der Waals surface area contributed by atoms with E-state index in [-0.39, 0.29) is 18.7 Å². The smallest absolute Gasteiger partial charge is 0.408 e. The van der Waals surface area contributed by atoms with Crippen LogP contribution in [0.15, 0.2) is 30.3 Å². The van der Waals surface area contributed by atoms with Gasteiger partial charge in [-0.3, -0.25) is 0 Å². The van der Waals surface area contributed by atoms with Gasteiger partial charge in [0.2, 0.25) is 5.60 Å². The van der Waals surface area contributed by atoms with Gasteiger partial charge in [-0.15, -0.1) is 0 Å². The molecular formula is C18H26N2O4. The van der Waals surface area contributed by atoms with Gasteiger partial charge in [-0.25, -0.2) is 9.59 Å². The van der Waals surface area contributed by atoms with E-state index >= 15 is 0 Å². The van der Waals surface area contributed by atoms with Gasteiger partial charge in [-0.1, -0.05) is 30.3 Å². The number of hydrogen-bond acceptors (Lipinski definition) is 5. The summed E-state index contributed by atoms with van der Waals surface area (Å²) in [7, 11) is 0. The van der Waals surface area contributed by atoms with E-state index in [1.165, 1.54) is 13.8 Å². The maximum Gasteiger partial charge on any atom is 0.408 e. The molecule has 0 bridgehead atoms. The number of esters is 1. The molecule has 1 aliphatic rings. The topological polar surface area (TPSA) is 90.6 Å². The summed E-state index contributed by atoms with van der Waals surface area (Å²) in [5.41, 5.74) is 5.38. The van der Waals surface area contributed by atoms with Crippen LogP contribution in [0, 0.1) is 0 Å². The van der Waals surface area contributed by atoms with Crippen molar-refractivity contribution >= 4 is 12.1 Å². The van der Waals surface area contributed by atoms with E-state index < -0.39 is 17.7 Å². The van der Waals surface area contributed by atoms with Gasteiger partial charge in [0, 0.05) is 12.1 Å². The van der Waals surface area contributed by atoms with Crippen molar-refractivity contribution in [3.63, 3.8) is 0 Å². The number of alkyl carbamates (subject to hydrolysis) is 1. The van der Waals surface area contributed by atoms with Gasteiger partial charge in [-0.2, -0.15) is 0 Å². The molecular weight excluding hydrogens is 308 g/mol. The Bertz CT molecular complexity index is 551. The summed E-state index contributed by atoms with van der Waals surface area (Å²) >= 11 is 0. The largest absolute Gasteiger partial charge is 0.458 e. The molecule has 0 aliphatic heterocycles. The Morgan fingerprint density at radius 3 is 2.42 bits per heavy atom. The number of hydrogen-bond donors (Lipinski definition) is 2. The Labute approximate surface area is 142 Å². The van der Waals surface area contributed by atoms with Crippen molar-refractivity contribution in [2.24, 2.45) is 5.73 Å². The fourth-order valence-electron chi connectivity index (χ4n) is 2.63. The van der Waals surface area contributed by atoms with Gasteiger partial charge in [0.1, 0.15) is 6.61 Å². The first-order valence-electron chi connectivity index (χ1n) is 8.33. The zero-order valence-corrected chi connectivity index (χ0v) is 14.3. The molecule has 6 heteroatoms. The lowest BCUT2D eigenvalue weighted by atomic mass is 9.92. The molecule has 0 radical (unpaired) electrons. The van der Waals surface area contributed by atoms with Gasteiger partial charge in [-0.05, 0) is 45.1 Å². The summed E-state index contributed by atoms with van der Waals surface area (Å²) in [4.78, 5) is 24.2. The van der Waals surface area contributed by atoms with Crippen LogP contribution in [0.2, 0.25) is 0 Å². The van der Waals surface area contributed by atoms with E-state index in [1.54, 1.807) is 0 Å². The van der Waals surface area contributed by atoms with Crippen LogP contribution < -0.4 is 11.1 Å². The predicted octanol–water partition coefficient (Wildman–Crippen LogP) is 2.50. The van der Waals surface area contributed by atoms with Crippen LogP contribution in [-0.4, -0.2) is 29.7 Å². The number of ether oxygens (including phenoxy) is 2. The molecule has 1 aromatic rings. The first-order valence-corrected chi connectivity index (χ1v) is 8.33. The average Bonchev–Trinajstić information content (AvgIpc) is 2.55. The van der Waals surface area contributed by atoms with Crippen molar-refractivity contribution in [3.8, 4) is 0 Å². The molecule has 0 spiro atoms. The third-order valence-corrected chi connectivity index (χ3v) is 4.15. The minimum Gasteiger partial charge on any atom is -0.458 e. The van der Waals surface area contributed by atoms with Crippen molar-refractivity contribution in [3.05, 3.63) is 35.9 Å². The highest BCUT2D eigenvalue weighted by Crippen LogP contribution is 2.18. The van der Waals surface area contributed by atoms with Crippen molar-refractivity contribution in [1.29, 1.82) is 0 Å².